The van der Waals surface area contributed by atoms with Crippen LogP contribution in [0.3, 0.4) is 0 Å². The van der Waals surface area contributed by atoms with Crippen LogP contribution >= 0.6 is 23.2 Å². The van der Waals surface area contributed by atoms with E-state index in [-0.39, 0.29) is 6.10 Å². The molecular formula is C17H21Cl2NO2. The van der Waals surface area contributed by atoms with E-state index in [9.17, 15) is 0 Å². The summed E-state index contributed by atoms with van der Waals surface area (Å²) in [4.78, 5) is 0. The van der Waals surface area contributed by atoms with Crippen LogP contribution in [0.5, 0.6) is 0 Å². The Balaban J connectivity index is 1.81. The minimum absolute atomic E-state index is 0.289. The molecule has 5 heteroatoms. The average Bonchev–Trinajstić information content (AvgIpc) is 2.91. The van der Waals surface area contributed by atoms with Crippen LogP contribution in [0.25, 0.3) is 11.3 Å². The van der Waals surface area contributed by atoms with Crippen molar-refractivity contribution in [2.45, 2.75) is 32.9 Å². The van der Waals surface area contributed by atoms with Gasteiger partial charge < -0.3 is 14.5 Å². The van der Waals surface area contributed by atoms with Gasteiger partial charge in [-0.05, 0) is 57.1 Å². The summed E-state index contributed by atoms with van der Waals surface area (Å²) < 4.78 is 11.3. The smallest absolute Gasteiger partial charge is 0.135 e. The van der Waals surface area contributed by atoms with Gasteiger partial charge in [-0.15, -0.1) is 0 Å². The van der Waals surface area contributed by atoms with Gasteiger partial charge in [0.1, 0.15) is 11.5 Å². The Morgan fingerprint density at radius 3 is 2.73 bits per heavy atom. The lowest BCUT2D eigenvalue weighted by Crippen LogP contribution is -2.17. The molecule has 1 N–H and O–H groups in total. The number of halogens is 2. The van der Waals surface area contributed by atoms with Crippen molar-refractivity contribution >= 4 is 23.2 Å². The van der Waals surface area contributed by atoms with Gasteiger partial charge in [0.2, 0.25) is 0 Å². The largest absolute Gasteiger partial charge is 0.460 e. The second kappa shape index (κ2) is 8.59. The summed E-state index contributed by atoms with van der Waals surface area (Å²) in [6.45, 7) is 6.44. The van der Waals surface area contributed by atoms with E-state index in [4.69, 9.17) is 32.4 Å². The summed E-state index contributed by atoms with van der Waals surface area (Å²) in [6.07, 6.45) is 1.27. The summed E-state index contributed by atoms with van der Waals surface area (Å²) >= 11 is 12.1. The highest BCUT2D eigenvalue weighted by Crippen LogP contribution is 2.31. The number of nitrogens with one attached hydrogen (secondary N) is 1. The molecule has 0 amide bonds. The molecule has 22 heavy (non-hydrogen) atoms. The van der Waals surface area contributed by atoms with E-state index in [0.29, 0.717) is 16.6 Å². The van der Waals surface area contributed by atoms with Crippen LogP contribution in [-0.2, 0) is 11.3 Å². The van der Waals surface area contributed by atoms with Gasteiger partial charge in [0.05, 0.1) is 17.7 Å². The van der Waals surface area contributed by atoms with E-state index in [2.05, 4.69) is 5.32 Å². The zero-order valence-electron chi connectivity index (χ0n) is 12.9. The Labute approximate surface area is 141 Å². The van der Waals surface area contributed by atoms with Crippen LogP contribution in [-0.4, -0.2) is 19.3 Å². The zero-order chi connectivity index (χ0) is 15.9. The third-order valence-electron chi connectivity index (χ3n) is 3.11. The fraction of sp³-hybridized carbons (Fsp3) is 0.412. The molecule has 3 nitrogen and oxygen atoms in total. The molecule has 0 fully saturated rings. The fourth-order valence-corrected chi connectivity index (χ4v) is 2.54. The molecule has 0 saturated carbocycles. The molecule has 2 aromatic rings. The van der Waals surface area contributed by atoms with Crippen LogP contribution < -0.4 is 5.32 Å². The lowest BCUT2D eigenvalue weighted by Gasteiger charge is -2.07. The van der Waals surface area contributed by atoms with Crippen molar-refractivity contribution in [2.24, 2.45) is 0 Å². The van der Waals surface area contributed by atoms with E-state index >= 15 is 0 Å². The van der Waals surface area contributed by atoms with Crippen molar-refractivity contribution in [3.05, 3.63) is 46.1 Å². The Morgan fingerprint density at radius 2 is 2.00 bits per heavy atom. The predicted octanol–water partition coefficient (Wildman–Crippen LogP) is 5.16. The van der Waals surface area contributed by atoms with Crippen LogP contribution in [0.1, 0.15) is 26.0 Å². The first-order chi connectivity index (χ1) is 10.6. The maximum atomic E-state index is 6.19. The highest BCUT2D eigenvalue weighted by molar-refractivity contribution is 6.36. The first kappa shape index (κ1) is 17.4. The van der Waals surface area contributed by atoms with Gasteiger partial charge in [0.15, 0.2) is 0 Å². The van der Waals surface area contributed by atoms with Gasteiger partial charge in [-0.25, -0.2) is 0 Å². The topological polar surface area (TPSA) is 34.4 Å². The van der Waals surface area contributed by atoms with E-state index < -0.39 is 0 Å². The van der Waals surface area contributed by atoms with E-state index in [1.54, 1.807) is 12.1 Å². The van der Waals surface area contributed by atoms with Gasteiger partial charge in [0.25, 0.3) is 0 Å². The second-order valence-corrected chi connectivity index (χ2v) is 6.18. The molecule has 1 aromatic heterocycles. The third kappa shape index (κ3) is 5.33. The monoisotopic (exact) mass is 341 g/mol. The number of hydrogen-bond acceptors (Lipinski definition) is 3. The molecule has 0 unspecified atom stereocenters. The summed E-state index contributed by atoms with van der Waals surface area (Å²) in [6, 6.07) is 9.27. The van der Waals surface area contributed by atoms with Crippen molar-refractivity contribution in [1.82, 2.24) is 5.32 Å². The molecule has 0 saturated heterocycles. The lowest BCUT2D eigenvalue weighted by atomic mass is 10.2. The van der Waals surface area contributed by atoms with Crippen LogP contribution in [0.15, 0.2) is 34.7 Å². The SMILES string of the molecule is CC(C)OCCCNCc1ccc(-c2ccc(Cl)cc2Cl)o1. The molecule has 120 valence electrons. The molecule has 0 spiro atoms. The maximum absolute atomic E-state index is 6.19. The summed E-state index contributed by atoms with van der Waals surface area (Å²) in [5, 5.41) is 4.54. The quantitative estimate of drug-likeness (QED) is 0.673. The van der Waals surface area contributed by atoms with Gasteiger partial charge >= 0.3 is 0 Å². The zero-order valence-corrected chi connectivity index (χ0v) is 14.4. The van der Waals surface area contributed by atoms with E-state index in [1.807, 2.05) is 32.0 Å². The molecular weight excluding hydrogens is 321 g/mol. The summed E-state index contributed by atoms with van der Waals surface area (Å²) in [5.41, 5.74) is 0.850. The number of ether oxygens (including phenoxy) is 1. The van der Waals surface area contributed by atoms with Crippen molar-refractivity contribution in [1.29, 1.82) is 0 Å². The van der Waals surface area contributed by atoms with E-state index in [0.717, 1.165) is 36.7 Å². The number of furan rings is 1. The Morgan fingerprint density at radius 1 is 1.18 bits per heavy atom. The van der Waals surface area contributed by atoms with Crippen LogP contribution in [0, 0.1) is 0 Å². The second-order valence-electron chi connectivity index (χ2n) is 5.34. The van der Waals surface area contributed by atoms with Gasteiger partial charge in [-0.2, -0.15) is 0 Å². The normalized spacial score (nSPS) is 11.3. The van der Waals surface area contributed by atoms with Crippen LogP contribution in [0.4, 0.5) is 0 Å². The van der Waals surface area contributed by atoms with Crippen molar-refractivity contribution in [3.8, 4) is 11.3 Å². The average molecular weight is 342 g/mol. The molecule has 0 bridgehead atoms. The Hall–Kier alpha value is -1.00. The van der Waals surface area contributed by atoms with Crippen molar-refractivity contribution < 1.29 is 9.15 Å². The predicted molar refractivity (Wildman–Crippen MR) is 91.6 cm³/mol. The van der Waals surface area contributed by atoms with Crippen LogP contribution in [0.2, 0.25) is 10.0 Å². The standard InChI is InChI=1S/C17H21Cl2NO2/c1-12(2)21-9-3-8-20-11-14-5-7-17(22-14)15-6-4-13(18)10-16(15)19/h4-7,10,12,20H,3,8-9,11H2,1-2H3. The third-order valence-corrected chi connectivity index (χ3v) is 3.65. The van der Waals surface area contributed by atoms with Gasteiger partial charge in [-0.1, -0.05) is 23.2 Å². The fourth-order valence-electron chi connectivity index (χ4n) is 2.03. The van der Waals surface area contributed by atoms with Crippen molar-refractivity contribution in [2.75, 3.05) is 13.2 Å². The van der Waals surface area contributed by atoms with E-state index in [1.165, 1.54) is 0 Å². The molecule has 1 aromatic carbocycles. The molecule has 0 radical (unpaired) electrons. The Bertz CT molecular complexity index is 596. The van der Waals surface area contributed by atoms with Gasteiger partial charge in [-0.3, -0.25) is 0 Å². The number of rotatable bonds is 8. The molecule has 2 rings (SSSR count). The highest BCUT2D eigenvalue weighted by Gasteiger charge is 2.09. The van der Waals surface area contributed by atoms with Gasteiger partial charge in [0, 0.05) is 17.2 Å². The minimum Gasteiger partial charge on any atom is -0.460 e. The number of hydrogen-bond donors (Lipinski definition) is 1. The lowest BCUT2D eigenvalue weighted by molar-refractivity contribution is 0.0770. The summed E-state index contributed by atoms with van der Waals surface area (Å²) in [7, 11) is 0. The molecule has 0 atom stereocenters. The van der Waals surface area contributed by atoms with Crippen molar-refractivity contribution in [3.63, 3.8) is 0 Å². The highest BCUT2D eigenvalue weighted by atomic mass is 35.5. The summed E-state index contributed by atoms with van der Waals surface area (Å²) in [5.74, 6) is 1.63. The first-order valence-electron chi connectivity index (χ1n) is 7.42. The Kier molecular flexibility index (Phi) is 6.77. The minimum atomic E-state index is 0.289. The molecule has 0 aliphatic carbocycles. The molecule has 0 aliphatic heterocycles. The first-order valence-corrected chi connectivity index (χ1v) is 8.18. The molecule has 0 aliphatic rings. The molecule has 1 heterocycles. The maximum Gasteiger partial charge on any atom is 0.135 e. The number of benzene rings is 1.